The van der Waals surface area contributed by atoms with Crippen LogP contribution in [0.25, 0.3) is 10.2 Å². The van der Waals surface area contributed by atoms with E-state index in [1.165, 1.54) is 28.0 Å². The first-order valence-corrected chi connectivity index (χ1v) is 16.0. The molecule has 0 saturated heterocycles. The first kappa shape index (κ1) is 30.2. The Morgan fingerprint density at radius 1 is 1.12 bits per heavy atom. The third kappa shape index (κ3) is 8.39. The van der Waals surface area contributed by atoms with Crippen molar-refractivity contribution in [2.75, 3.05) is 24.7 Å². The van der Waals surface area contributed by atoms with Crippen LogP contribution < -0.4 is 26.1 Å². The first-order chi connectivity index (χ1) is 19.6. The fourth-order valence-electron chi connectivity index (χ4n) is 3.94. The monoisotopic (exact) mass is 615 g/mol. The number of methoxy groups -OCH3 is 1. The predicted molar refractivity (Wildman–Crippen MR) is 160 cm³/mol. The number of nitrogens with one attached hydrogen (secondary N) is 2. The maximum absolute atomic E-state index is 13.2. The highest BCUT2D eigenvalue weighted by molar-refractivity contribution is 7.99. The van der Waals surface area contributed by atoms with Crippen molar-refractivity contribution in [2.24, 2.45) is 5.14 Å². The van der Waals surface area contributed by atoms with Crippen LogP contribution in [0.3, 0.4) is 0 Å². The molecule has 2 heterocycles. The van der Waals surface area contributed by atoms with Gasteiger partial charge in [0, 0.05) is 31.3 Å². The second-order valence-electron chi connectivity index (χ2n) is 8.95. The number of fused-ring (bicyclic) bond motifs is 1. The summed E-state index contributed by atoms with van der Waals surface area (Å²) in [7, 11) is -2.20. The molecule has 11 nitrogen and oxygen atoms in total. The third-order valence-electron chi connectivity index (χ3n) is 5.99. The van der Waals surface area contributed by atoms with Crippen molar-refractivity contribution in [3.63, 3.8) is 0 Å². The number of ether oxygens (including phenoxy) is 1. The van der Waals surface area contributed by atoms with Crippen molar-refractivity contribution in [3.05, 3.63) is 75.9 Å². The van der Waals surface area contributed by atoms with Gasteiger partial charge < -0.3 is 15.4 Å². The van der Waals surface area contributed by atoms with Gasteiger partial charge in [-0.15, -0.1) is 11.3 Å². The molecule has 2 aromatic carbocycles. The van der Waals surface area contributed by atoms with Gasteiger partial charge in [-0.3, -0.25) is 19.0 Å². The van der Waals surface area contributed by atoms with Crippen LogP contribution in [0.2, 0.25) is 0 Å². The van der Waals surface area contributed by atoms with Gasteiger partial charge in [-0.25, -0.2) is 18.5 Å². The molecule has 0 aliphatic carbocycles. The number of primary sulfonamides is 1. The Morgan fingerprint density at radius 2 is 1.90 bits per heavy atom. The summed E-state index contributed by atoms with van der Waals surface area (Å²) in [6.45, 7) is 0.641. The van der Waals surface area contributed by atoms with Gasteiger partial charge in [-0.2, -0.15) is 0 Å². The van der Waals surface area contributed by atoms with Gasteiger partial charge in [0.25, 0.3) is 5.56 Å². The summed E-state index contributed by atoms with van der Waals surface area (Å²) in [5.74, 6) is 0.235. The van der Waals surface area contributed by atoms with Gasteiger partial charge >= 0.3 is 0 Å². The Morgan fingerprint density at radius 3 is 2.63 bits per heavy atom. The van der Waals surface area contributed by atoms with Gasteiger partial charge in [0.2, 0.25) is 21.8 Å². The number of rotatable bonds is 13. The number of nitrogens with zero attached hydrogens (tertiary/aromatic N) is 2. The largest absolute Gasteiger partial charge is 0.497 e. The van der Waals surface area contributed by atoms with Crippen molar-refractivity contribution < 1.29 is 22.7 Å². The molecule has 0 aliphatic heterocycles. The molecular formula is C27H29N5O6S3. The van der Waals surface area contributed by atoms with Crippen molar-refractivity contribution in [3.8, 4) is 5.75 Å². The molecule has 0 saturated carbocycles. The molecule has 2 aromatic heterocycles. The number of anilines is 1. The van der Waals surface area contributed by atoms with Crippen molar-refractivity contribution in [1.82, 2.24) is 14.9 Å². The van der Waals surface area contributed by atoms with Gasteiger partial charge in [0.15, 0.2) is 5.16 Å². The zero-order valence-electron chi connectivity index (χ0n) is 22.2. The van der Waals surface area contributed by atoms with E-state index >= 15 is 0 Å². The first-order valence-electron chi connectivity index (χ1n) is 12.6. The molecule has 0 fully saturated rings. The van der Waals surface area contributed by atoms with Crippen LogP contribution in [0.1, 0.15) is 18.4 Å². The van der Waals surface area contributed by atoms with E-state index in [1.807, 2.05) is 0 Å². The molecule has 4 N–H and O–H groups in total. The standard InChI is InChI=1S/C27H29N5O6S3/c1-38-20-5-2-4-19(16-20)30-24(34)17-40-27-31-22-12-15-39-25(22)26(35)32(27)14-3-6-23(33)29-13-11-18-7-9-21(10-8-18)41(28,36)37/h2,4-5,7-10,12,15-16H,3,6,11,13-14,17H2,1H3,(H,29,33)(H,30,34)(H2,28,36,37). The fraction of sp³-hybridized carbons (Fsp3) is 0.259. The molecule has 14 heteroatoms. The zero-order chi connectivity index (χ0) is 29.4. The normalized spacial score (nSPS) is 11.4. The van der Waals surface area contributed by atoms with Gasteiger partial charge in [0.05, 0.1) is 23.3 Å². The lowest BCUT2D eigenvalue weighted by atomic mass is 10.1. The van der Waals surface area contributed by atoms with E-state index in [4.69, 9.17) is 9.88 Å². The van der Waals surface area contributed by atoms with E-state index in [9.17, 15) is 22.8 Å². The average molecular weight is 616 g/mol. The van der Waals surface area contributed by atoms with Crippen LogP contribution >= 0.6 is 23.1 Å². The molecule has 2 amide bonds. The molecule has 0 bridgehead atoms. The van der Waals surface area contributed by atoms with E-state index in [2.05, 4.69) is 15.6 Å². The lowest BCUT2D eigenvalue weighted by molar-refractivity contribution is -0.121. The highest BCUT2D eigenvalue weighted by Crippen LogP contribution is 2.22. The number of amides is 2. The molecule has 41 heavy (non-hydrogen) atoms. The lowest BCUT2D eigenvalue weighted by Crippen LogP contribution is -2.27. The van der Waals surface area contributed by atoms with Crippen LogP contribution in [-0.4, -0.2) is 49.2 Å². The quantitative estimate of drug-likeness (QED) is 0.153. The van der Waals surface area contributed by atoms with Crippen LogP contribution in [0, 0.1) is 0 Å². The van der Waals surface area contributed by atoms with Crippen LogP contribution in [-0.2, 0) is 32.6 Å². The highest BCUT2D eigenvalue weighted by atomic mass is 32.2. The molecule has 0 radical (unpaired) electrons. The van der Waals surface area contributed by atoms with Crippen molar-refractivity contribution >= 4 is 60.8 Å². The number of thioether (sulfide) groups is 1. The summed E-state index contributed by atoms with van der Waals surface area (Å²) in [5.41, 5.74) is 1.82. The second kappa shape index (κ2) is 13.8. The minimum atomic E-state index is -3.75. The van der Waals surface area contributed by atoms with Gasteiger partial charge in [-0.05, 0) is 54.1 Å². The summed E-state index contributed by atoms with van der Waals surface area (Å²) in [6, 6.07) is 15.0. The minimum Gasteiger partial charge on any atom is -0.497 e. The van der Waals surface area contributed by atoms with Crippen molar-refractivity contribution in [2.45, 2.75) is 35.9 Å². The summed E-state index contributed by atoms with van der Waals surface area (Å²) < 4.78 is 30.0. The topological polar surface area (TPSA) is 162 Å². The number of carbonyl (C=O) groups excluding carboxylic acids is 2. The summed E-state index contributed by atoms with van der Waals surface area (Å²) >= 11 is 2.46. The Kier molecular flexibility index (Phi) is 10.2. The molecule has 4 aromatic rings. The lowest BCUT2D eigenvalue weighted by Gasteiger charge is -2.12. The Bertz CT molecular complexity index is 1700. The molecule has 0 unspecified atom stereocenters. The average Bonchev–Trinajstić information content (AvgIpc) is 3.42. The predicted octanol–water partition coefficient (Wildman–Crippen LogP) is 2.98. The maximum atomic E-state index is 13.2. The Hall–Kier alpha value is -3.72. The number of benzene rings is 2. The van der Waals surface area contributed by atoms with Crippen LogP contribution in [0.5, 0.6) is 5.75 Å². The summed E-state index contributed by atoms with van der Waals surface area (Å²) in [5, 5.41) is 13.0. The number of nitrogens with two attached hydrogens (primary N) is 1. The van der Waals surface area contributed by atoms with E-state index in [-0.39, 0.29) is 41.0 Å². The van der Waals surface area contributed by atoms with Gasteiger partial charge in [-0.1, -0.05) is 30.0 Å². The number of carbonyl (C=O) groups is 2. The third-order valence-corrected chi connectivity index (χ3v) is 8.79. The maximum Gasteiger partial charge on any atom is 0.272 e. The fourth-order valence-corrected chi connectivity index (χ4v) is 6.06. The Labute approximate surface area is 245 Å². The number of thiophene rings is 1. The number of sulfonamides is 1. The van der Waals surface area contributed by atoms with E-state index in [0.717, 1.165) is 17.3 Å². The Balaban J connectivity index is 1.31. The minimum absolute atomic E-state index is 0.0331. The van der Waals surface area contributed by atoms with Gasteiger partial charge in [0.1, 0.15) is 10.4 Å². The SMILES string of the molecule is COc1cccc(NC(=O)CSc2nc3ccsc3c(=O)n2CCCC(=O)NCCc2ccc(S(N)(=O)=O)cc2)c1. The van der Waals surface area contributed by atoms with E-state index in [1.54, 1.807) is 55.0 Å². The summed E-state index contributed by atoms with van der Waals surface area (Å²) in [4.78, 5) is 42.8. The van der Waals surface area contributed by atoms with Crippen molar-refractivity contribution in [1.29, 1.82) is 0 Å². The molecule has 0 spiro atoms. The second-order valence-corrected chi connectivity index (χ2v) is 12.4. The molecule has 216 valence electrons. The van der Waals surface area contributed by atoms with E-state index in [0.29, 0.717) is 46.2 Å². The zero-order valence-corrected chi connectivity index (χ0v) is 24.6. The summed E-state index contributed by atoms with van der Waals surface area (Å²) in [6.07, 6.45) is 1.12. The van der Waals surface area contributed by atoms with E-state index < -0.39 is 10.0 Å². The molecular weight excluding hydrogens is 587 g/mol. The van der Waals surface area contributed by atoms with Crippen LogP contribution in [0.15, 0.2) is 74.8 Å². The molecule has 0 aliphatic rings. The number of hydrogen-bond donors (Lipinski definition) is 3. The number of aromatic nitrogens is 2. The van der Waals surface area contributed by atoms with Crippen LogP contribution in [0.4, 0.5) is 5.69 Å². The smallest absolute Gasteiger partial charge is 0.272 e. The molecule has 0 atom stereocenters. The molecule has 4 rings (SSSR count). The number of hydrogen-bond acceptors (Lipinski definition) is 9. The highest BCUT2D eigenvalue weighted by Gasteiger charge is 2.15.